The number of nitrogens with zero attached hydrogens (tertiary/aromatic N) is 2. The quantitative estimate of drug-likeness (QED) is 0.174. The first-order valence-electron chi connectivity index (χ1n) is 13.3. The van der Waals surface area contributed by atoms with Gasteiger partial charge in [0.2, 0.25) is 5.91 Å². The SMILES string of the molecule is CC#CCOC(=O)N1C[C@H](C(=O)NO)[C@H](NC(=O)c2ccc(OCc3cc(C)nc4ccccc34)cc2)C1.O=C(O)C(F)(F)F. The summed E-state index contributed by atoms with van der Waals surface area (Å²) in [6.07, 6.45) is -5.74. The van der Waals surface area contributed by atoms with Gasteiger partial charge in [-0.25, -0.2) is 15.1 Å². The normalized spacial score (nSPS) is 15.6. The molecule has 1 aliphatic rings. The van der Waals surface area contributed by atoms with Crippen molar-refractivity contribution in [2.24, 2.45) is 5.92 Å². The Morgan fingerprint density at radius 1 is 1.09 bits per heavy atom. The Labute approximate surface area is 255 Å². The van der Waals surface area contributed by atoms with E-state index in [2.05, 4.69) is 22.1 Å². The lowest BCUT2D eigenvalue weighted by atomic mass is 10.0. The van der Waals surface area contributed by atoms with Crippen molar-refractivity contribution >= 4 is 34.8 Å². The molecule has 45 heavy (non-hydrogen) atoms. The highest BCUT2D eigenvalue weighted by Gasteiger charge is 2.41. The van der Waals surface area contributed by atoms with Crippen LogP contribution in [0, 0.1) is 24.7 Å². The number of fused-ring (bicyclic) bond motifs is 1. The highest BCUT2D eigenvalue weighted by Crippen LogP contribution is 2.22. The number of hydrogen-bond donors (Lipinski definition) is 4. The van der Waals surface area contributed by atoms with Gasteiger partial charge in [0.05, 0.1) is 17.5 Å². The van der Waals surface area contributed by atoms with Crippen LogP contribution in [0.3, 0.4) is 0 Å². The van der Waals surface area contributed by atoms with Gasteiger partial charge in [-0.1, -0.05) is 24.1 Å². The average molecular weight is 631 g/mol. The van der Waals surface area contributed by atoms with Gasteiger partial charge in [0.1, 0.15) is 12.4 Å². The maximum atomic E-state index is 12.9. The molecule has 0 spiro atoms. The second-order valence-corrected chi connectivity index (χ2v) is 9.60. The molecule has 4 N–H and O–H groups in total. The Bertz CT molecular complexity index is 1600. The summed E-state index contributed by atoms with van der Waals surface area (Å²) in [5.74, 6) is 1.08. The molecule has 238 valence electrons. The van der Waals surface area contributed by atoms with E-state index in [1.807, 2.05) is 37.3 Å². The lowest BCUT2D eigenvalue weighted by Gasteiger charge is -2.18. The number of carboxylic acids is 1. The topological polar surface area (TPSA) is 167 Å². The number of carbonyl (C=O) groups excluding carboxylic acids is 3. The number of carbonyl (C=O) groups is 4. The molecule has 2 heterocycles. The predicted octanol–water partition coefficient (Wildman–Crippen LogP) is 3.45. The molecule has 1 saturated heterocycles. The number of aliphatic carboxylic acids is 1. The fraction of sp³-hybridized carbons (Fsp3) is 0.300. The molecule has 1 fully saturated rings. The first-order valence-corrected chi connectivity index (χ1v) is 13.3. The third-order valence-electron chi connectivity index (χ3n) is 6.47. The maximum absolute atomic E-state index is 12.9. The smallest absolute Gasteiger partial charge is 0.489 e. The van der Waals surface area contributed by atoms with Gasteiger partial charge in [-0.2, -0.15) is 13.2 Å². The van der Waals surface area contributed by atoms with Crippen LogP contribution in [0.5, 0.6) is 5.75 Å². The van der Waals surface area contributed by atoms with Crippen LogP contribution in [0.25, 0.3) is 10.9 Å². The first kappa shape index (κ1) is 34.1. The summed E-state index contributed by atoms with van der Waals surface area (Å²) in [5, 5.41) is 20.0. The number of amides is 3. The summed E-state index contributed by atoms with van der Waals surface area (Å²) < 4.78 is 42.7. The van der Waals surface area contributed by atoms with Crippen molar-refractivity contribution in [3.05, 3.63) is 71.4 Å². The van der Waals surface area contributed by atoms with Gasteiger partial charge in [0.15, 0.2) is 6.61 Å². The molecular weight excluding hydrogens is 601 g/mol. The van der Waals surface area contributed by atoms with Crippen molar-refractivity contribution in [2.45, 2.75) is 32.7 Å². The van der Waals surface area contributed by atoms with Crippen molar-refractivity contribution in [1.82, 2.24) is 20.7 Å². The van der Waals surface area contributed by atoms with Gasteiger partial charge >= 0.3 is 18.2 Å². The zero-order valence-corrected chi connectivity index (χ0v) is 24.1. The summed E-state index contributed by atoms with van der Waals surface area (Å²) in [5.41, 5.74) is 4.76. The molecule has 1 aromatic heterocycles. The van der Waals surface area contributed by atoms with Crippen LogP contribution < -0.4 is 15.5 Å². The standard InChI is InChI=1S/C28H28N4O6.C2HF3O2/c1-3-4-13-37-28(35)32-15-23(27(34)31-36)25(16-32)30-26(33)19-9-11-21(12-10-19)38-17-20-14-18(2)29-24-8-6-5-7-22(20)24;3-2(4,5)1(6)7/h5-12,14,23,25,36H,13,15-17H2,1-2H3,(H,30,33)(H,31,34);(H,6,7)/t23-,25+;/m0./s1. The number of carboxylic acid groups (broad SMARTS) is 1. The summed E-state index contributed by atoms with van der Waals surface area (Å²) >= 11 is 0. The van der Waals surface area contributed by atoms with Crippen LogP contribution in [-0.2, 0) is 20.9 Å². The maximum Gasteiger partial charge on any atom is 0.490 e. The van der Waals surface area contributed by atoms with Gasteiger partial charge in [-0.05, 0) is 50.2 Å². The number of nitrogens with one attached hydrogen (secondary N) is 2. The number of hydrogen-bond acceptors (Lipinski definition) is 8. The van der Waals surface area contributed by atoms with E-state index in [9.17, 15) is 27.6 Å². The summed E-state index contributed by atoms with van der Waals surface area (Å²) in [6, 6.07) is 15.7. The first-order chi connectivity index (χ1) is 21.3. The number of halogens is 3. The number of likely N-dealkylation sites (tertiary alicyclic amines) is 1. The number of para-hydroxylation sites is 1. The van der Waals surface area contributed by atoms with E-state index in [0.717, 1.165) is 22.2 Å². The predicted molar refractivity (Wildman–Crippen MR) is 152 cm³/mol. The summed E-state index contributed by atoms with van der Waals surface area (Å²) in [6.45, 7) is 3.84. The van der Waals surface area contributed by atoms with E-state index in [0.29, 0.717) is 17.9 Å². The molecule has 4 rings (SSSR count). The van der Waals surface area contributed by atoms with Crippen LogP contribution in [-0.4, -0.2) is 76.0 Å². The van der Waals surface area contributed by atoms with Gasteiger partial charge in [-0.15, -0.1) is 5.92 Å². The number of hydroxylamine groups is 1. The van der Waals surface area contributed by atoms with Gasteiger partial charge < -0.3 is 24.8 Å². The number of pyridine rings is 1. The second kappa shape index (κ2) is 15.4. The molecule has 1 aliphatic heterocycles. The molecule has 0 unspecified atom stereocenters. The van der Waals surface area contributed by atoms with E-state index in [4.69, 9.17) is 24.6 Å². The Kier molecular flexibility index (Phi) is 11.7. The van der Waals surface area contributed by atoms with Gasteiger partial charge in [0, 0.05) is 35.3 Å². The number of aryl methyl sites for hydroxylation is 1. The van der Waals surface area contributed by atoms with E-state index in [1.165, 1.54) is 4.90 Å². The van der Waals surface area contributed by atoms with E-state index in [-0.39, 0.29) is 19.7 Å². The third-order valence-corrected chi connectivity index (χ3v) is 6.47. The van der Waals surface area contributed by atoms with Crippen LogP contribution in [0.15, 0.2) is 54.6 Å². The number of aromatic nitrogens is 1. The van der Waals surface area contributed by atoms with Crippen LogP contribution in [0.1, 0.15) is 28.5 Å². The number of ether oxygens (including phenoxy) is 2. The lowest BCUT2D eigenvalue weighted by Crippen LogP contribution is -2.45. The van der Waals surface area contributed by atoms with Crippen LogP contribution in [0.2, 0.25) is 0 Å². The second-order valence-electron chi connectivity index (χ2n) is 9.60. The highest BCUT2D eigenvalue weighted by molar-refractivity contribution is 5.95. The number of alkyl halides is 3. The monoisotopic (exact) mass is 630 g/mol. The summed E-state index contributed by atoms with van der Waals surface area (Å²) in [4.78, 5) is 52.1. The Morgan fingerprint density at radius 3 is 2.38 bits per heavy atom. The van der Waals surface area contributed by atoms with Crippen molar-refractivity contribution < 1.29 is 52.1 Å². The number of rotatable bonds is 7. The zero-order chi connectivity index (χ0) is 33.1. The molecule has 0 radical (unpaired) electrons. The van der Waals surface area contributed by atoms with Gasteiger partial charge in [-0.3, -0.25) is 19.8 Å². The van der Waals surface area contributed by atoms with E-state index >= 15 is 0 Å². The third kappa shape index (κ3) is 9.57. The van der Waals surface area contributed by atoms with Crippen LogP contribution in [0.4, 0.5) is 18.0 Å². The minimum absolute atomic E-state index is 0.0222. The van der Waals surface area contributed by atoms with Crippen molar-refractivity contribution in [3.8, 4) is 17.6 Å². The largest absolute Gasteiger partial charge is 0.490 e. The van der Waals surface area contributed by atoms with Crippen molar-refractivity contribution in [1.29, 1.82) is 0 Å². The minimum Gasteiger partial charge on any atom is -0.489 e. The fourth-order valence-electron chi connectivity index (χ4n) is 4.34. The van der Waals surface area contributed by atoms with E-state index in [1.54, 1.807) is 36.7 Å². The zero-order valence-electron chi connectivity index (χ0n) is 24.1. The molecule has 0 bridgehead atoms. The number of benzene rings is 2. The molecule has 0 saturated carbocycles. The minimum atomic E-state index is -5.08. The highest BCUT2D eigenvalue weighted by atomic mass is 19.4. The van der Waals surface area contributed by atoms with E-state index < -0.39 is 42.0 Å². The Hall–Kier alpha value is -5.36. The molecule has 0 aliphatic carbocycles. The molecule has 2 atom stereocenters. The van der Waals surface area contributed by atoms with Crippen LogP contribution >= 0.6 is 0 Å². The average Bonchev–Trinajstić information content (AvgIpc) is 3.43. The molecule has 15 heteroatoms. The molecule has 3 amide bonds. The lowest BCUT2D eigenvalue weighted by molar-refractivity contribution is -0.192. The molecular formula is C30H29F3N4O8. The fourth-order valence-corrected chi connectivity index (χ4v) is 4.34. The summed E-state index contributed by atoms with van der Waals surface area (Å²) in [7, 11) is 0. The Morgan fingerprint density at radius 2 is 1.76 bits per heavy atom. The Balaban J connectivity index is 0.000000707. The van der Waals surface area contributed by atoms with Crippen molar-refractivity contribution in [3.63, 3.8) is 0 Å². The molecule has 2 aromatic carbocycles. The van der Waals surface area contributed by atoms with Crippen molar-refractivity contribution in [2.75, 3.05) is 19.7 Å². The molecule has 12 nitrogen and oxygen atoms in total. The molecule has 3 aromatic rings. The van der Waals surface area contributed by atoms with Gasteiger partial charge in [0.25, 0.3) is 5.91 Å².